The Morgan fingerprint density at radius 2 is 2.25 bits per heavy atom. The first kappa shape index (κ1) is 12.4. The summed E-state index contributed by atoms with van der Waals surface area (Å²) in [5.74, 6) is 3.05. The maximum Gasteiger partial charge on any atom is 0.120 e. The van der Waals surface area contributed by atoms with Gasteiger partial charge in [0.15, 0.2) is 0 Å². The van der Waals surface area contributed by atoms with Crippen molar-refractivity contribution >= 4 is 35.0 Å². The molecule has 5 heteroatoms. The van der Waals surface area contributed by atoms with E-state index in [9.17, 15) is 0 Å². The first-order valence-corrected chi connectivity index (χ1v) is 7.06. The van der Waals surface area contributed by atoms with Crippen LogP contribution in [-0.4, -0.2) is 30.7 Å². The Kier molecular flexibility index (Phi) is 4.65. The summed E-state index contributed by atoms with van der Waals surface area (Å²) >= 11 is 13.7. The van der Waals surface area contributed by atoms with E-state index >= 15 is 0 Å². The first-order chi connectivity index (χ1) is 7.75. The van der Waals surface area contributed by atoms with Crippen molar-refractivity contribution in [1.82, 2.24) is 5.32 Å². The molecule has 1 atom stereocenters. The van der Waals surface area contributed by atoms with E-state index in [1.165, 1.54) is 5.75 Å². The van der Waals surface area contributed by atoms with Crippen LogP contribution in [0.25, 0.3) is 0 Å². The SMILES string of the molecule is Clc1ccc(OCC2CSCCN2)cc1Cl. The number of benzene rings is 1. The van der Waals surface area contributed by atoms with Crippen LogP contribution in [0.2, 0.25) is 10.0 Å². The highest BCUT2D eigenvalue weighted by atomic mass is 35.5. The summed E-state index contributed by atoms with van der Waals surface area (Å²) in [6.07, 6.45) is 0. The molecule has 2 rings (SSSR count). The molecule has 1 heterocycles. The number of rotatable bonds is 3. The predicted octanol–water partition coefficient (Wildman–Crippen LogP) is 3.08. The predicted molar refractivity (Wildman–Crippen MR) is 71.1 cm³/mol. The number of hydrogen-bond donors (Lipinski definition) is 1. The maximum absolute atomic E-state index is 5.90. The molecule has 0 spiro atoms. The molecule has 1 aliphatic heterocycles. The van der Waals surface area contributed by atoms with Gasteiger partial charge in [0, 0.05) is 24.1 Å². The van der Waals surface area contributed by atoms with Gasteiger partial charge in [0.25, 0.3) is 0 Å². The fourth-order valence-electron chi connectivity index (χ4n) is 1.49. The molecule has 88 valence electrons. The second kappa shape index (κ2) is 6.01. The van der Waals surface area contributed by atoms with Gasteiger partial charge in [-0.1, -0.05) is 23.2 Å². The number of ether oxygens (including phenoxy) is 1. The Balaban J connectivity index is 1.86. The third kappa shape index (κ3) is 3.45. The number of thioether (sulfide) groups is 1. The smallest absolute Gasteiger partial charge is 0.120 e. The van der Waals surface area contributed by atoms with Crippen molar-refractivity contribution in [1.29, 1.82) is 0 Å². The molecule has 1 saturated heterocycles. The van der Waals surface area contributed by atoms with Crippen molar-refractivity contribution in [2.45, 2.75) is 6.04 Å². The summed E-state index contributed by atoms with van der Waals surface area (Å²) in [5.41, 5.74) is 0. The molecule has 0 radical (unpaired) electrons. The average molecular weight is 278 g/mol. The Hall–Kier alpha value is -0.0900. The molecule has 1 unspecified atom stereocenters. The van der Waals surface area contributed by atoms with E-state index in [1.807, 2.05) is 17.8 Å². The minimum absolute atomic E-state index is 0.424. The van der Waals surface area contributed by atoms with Gasteiger partial charge in [-0.25, -0.2) is 0 Å². The molecule has 0 saturated carbocycles. The highest BCUT2D eigenvalue weighted by Gasteiger charge is 2.13. The zero-order valence-electron chi connectivity index (χ0n) is 8.71. The van der Waals surface area contributed by atoms with E-state index in [1.54, 1.807) is 12.1 Å². The second-order valence-electron chi connectivity index (χ2n) is 3.61. The van der Waals surface area contributed by atoms with Crippen molar-refractivity contribution in [3.05, 3.63) is 28.2 Å². The van der Waals surface area contributed by atoms with Crippen LogP contribution in [-0.2, 0) is 0 Å². The van der Waals surface area contributed by atoms with Gasteiger partial charge in [-0.3, -0.25) is 0 Å². The van der Waals surface area contributed by atoms with Crippen LogP contribution in [0.5, 0.6) is 5.75 Å². The van der Waals surface area contributed by atoms with Crippen molar-refractivity contribution < 1.29 is 4.74 Å². The average Bonchev–Trinajstić information content (AvgIpc) is 2.32. The van der Waals surface area contributed by atoms with Gasteiger partial charge in [-0.15, -0.1) is 0 Å². The van der Waals surface area contributed by atoms with Crippen molar-refractivity contribution in [2.75, 3.05) is 24.7 Å². The molecule has 1 aromatic rings. The summed E-state index contributed by atoms with van der Waals surface area (Å²) in [7, 11) is 0. The van der Waals surface area contributed by atoms with Crippen molar-refractivity contribution in [2.24, 2.45) is 0 Å². The highest BCUT2D eigenvalue weighted by Crippen LogP contribution is 2.26. The second-order valence-corrected chi connectivity index (χ2v) is 5.58. The molecule has 0 aromatic heterocycles. The molecule has 1 fully saturated rings. The van der Waals surface area contributed by atoms with Gasteiger partial charge in [0.2, 0.25) is 0 Å². The Bertz CT molecular complexity index is 356. The van der Waals surface area contributed by atoms with Crippen LogP contribution in [0.3, 0.4) is 0 Å². The lowest BCUT2D eigenvalue weighted by Crippen LogP contribution is -2.41. The molecule has 0 aliphatic carbocycles. The molecule has 1 N–H and O–H groups in total. The Morgan fingerprint density at radius 3 is 2.94 bits per heavy atom. The van der Waals surface area contributed by atoms with E-state index in [-0.39, 0.29) is 0 Å². The Labute approximate surface area is 110 Å². The molecule has 1 aliphatic rings. The monoisotopic (exact) mass is 277 g/mol. The molecule has 2 nitrogen and oxygen atoms in total. The van der Waals surface area contributed by atoms with Gasteiger partial charge in [-0.05, 0) is 12.1 Å². The summed E-state index contributed by atoms with van der Waals surface area (Å²) in [5, 5.41) is 4.50. The minimum Gasteiger partial charge on any atom is -0.492 e. The third-order valence-electron chi connectivity index (χ3n) is 2.34. The number of nitrogens with one attached hydrogen (secondary N) is 1. The normalized spacial score (nSPS) is 20.8. The van der Waals surface area contributed by atoms with Crippen LogP contribution >= 0.6 is 35.0 Å². The van der Waals surface area contributed by atoms with Crippen LogP contribution in [0, 0.1) is 0 Å². The maximum atomic E-state index is 5.90. The van der Waals surface area contributed by atoms with E-state index in [4.69, 9.17) is 27.9 Å². The van der Waals surface area contributed by atoms with Crippen LogP contribution in [0.4, 0.5) is 0 Å². The topological polar surface area (TPSA) is 21.3 Å². The van der Waals surface area contributed by atoms with Crippen LogP contribution < -0.4 is 10.1 Å². The van der Waals surface area contributed by atoms with E-state index < -0.39 is 0 Å². The van der Waals surface area contributed by atoms with Crippen molar-refractivity contribution in [3.63, 3.8) is 0 Å². The summed E-state index contributed by atoms with van der Waals surface area (Å²) in [6.45, 7) is 1.73. The molecular weight excluding hydrogens is 265 g/mol. The number of halogens is 2. The Morgan fingerprint density at radius 1 is 1.38 bits per heavy atom. The molecule has 0 bridgehead atoms. The van der Waals surface area contributed by atoms with Gasteiger partial charge < -0.3 is 10.1 Å². The zero-order chi connectivity index (χ0) is 11.4. The van der Waals surface area contributed by atoms with Gasteiger partial charge in [0.05, 0.1) is 16.1 Å². The lowest BCUT2D eigenvalue weighted by Gasteiger charge is -2.23. The fourth-order valence-corrected chi connectivity index (χ4v) is 2.71. The zero-order valence-corrected chi connectivity index (χ0v) is 11.0. The highest BCUT2D eigenvalue weighted by molar-refractivity contribution is 7.99. The van der Waals surface area contributed by atoms with Crippen LogP contribution in [0.15, 0.2) is 18.2 Å². The summed E-state index contributed by atoms with van der Waals surface area (Å²) in [6, 6.07) is 5.76. The quantitative estimate of drug-likeness (QED) is 0.918. The van der Waals surface area contributed by atoms with Gasteiger partial charge >= 0.3 is 0 Å². The van der Waals surface area contributed by atoms with E-state index in [2.05, 4.69) is 5.32 Å². The van der Waals surface area contributed by atoms with Gasteiger partial charge in [-0.2, -0.15) is 11.8 Å². The lowest BCUT2D eigenvalue weighted by molar-refractivity contribution is 0.276. The lowest BCUT2D eigenvalue weighted by atomic mass is 10.3. The summed E-state index contributed by atoms with van der Waals surface area (Å²) in [4.78, 5) is 0. The van der Waals surface area contributed by atoms with Gasteiger partial charge in [0.1, 0.15) is 12.4 Å². The standard InChI is InChI=1S/C11H13Cl2NOS/c12-10-2-1-9(5-11(10)13)15-6-8-7-16-4-3-14-8/h1-2,5,8,14H,3-4,6-7H2. The molecule has 1 aromatic carbocycles. The molecule has 16 heavy (non-hydrogen) atoms. The molecule has 0 amide bonds. The van der Waals surface area contributed by atoms with Crippen LogP contribution in [0.1, 0.15) is 0 Å². The third-order valence-corrected chi connectivity index (χ3v) is 4.21. The van der Waals surface area contributed by atoms with Crippen molar-refractivity contribution in [3.8, 4) is 5.75 Å². The first-order valence-electron chi connectivity index (χ1n) is 5.14. The van der Waals surface area contributed by atoms with E-state index in [0.717, 1.165) is 18.0 Å². The molecular formula is C11H13Cl2NOS. The van der Waals surface area contributed by atoms with E-state index in [0.29, 0.717) is 22.7 Å². The largest absolute Gasteiger partial charge is 0.492 e. The summed E-state index contributed by atoms with van der Waals surface area (Å²) < 4.78 is 5.66. The fraction of sp³-hybridized carbons (Fsp3) is 0.455. The number of hydrogen-bond acceptors (Lipinski definition) is 3. The minimum atomic E-state index is 0.424.